The minimum Gasteiger partial charge on any atom is -0.306 e. The van der Waals surface area contributed by atoms with E-state index in [1.807, 2.05) is 0 Å². The second-order valence-electron chi connectivity index (χ2n) is 6.29. The van der Waals surface area contributed by atoms with Crippen LogP contribution in [0.2, 0.25) is 0 Å². The Hall–Kier alpha value is -0.820. The van der Waals surface area contributed by atoms with Gasteiger partial charge < -0.3 is 4.90 Å². The molecule has 1 heteroatoms. The van der Waals surface area contributed by atoms with Crippen molar-refractivity contribution in [2.45, 2.75) is 46.5 Å². The van der Waals surface area contributed by atoms with Crippen molar-refractivity contribution in [2.75, 3.05) is 20.1 Å². The largest absolute Gasteiger partial charge is 0.306 e. The SMILES string of the molecule is CCCC(CCN(C)CC(C)C)Cc1ccccc1. The van der Waals surface area contributed by atoms with Crippen molar-refractivity contribution in [3.05, 3.63) is 35.9 Å². The van der Waals surface area contributed by atoms with Crippen LogP contribution in [0.25, 0.3) is 0 Å². The smallest absolute Gasteiger partial charge is 0.000133 e. The van der Waals surface area contributed by atoms with E-state index in [0.717, 1.165) is 11.8 Å². The van der Waals surface area contributed by atoms with Crippen LogP contribution in [0.5, 0.6) is 0 Å². The summed E-state index contributed by atoms with van der Waals surface area (Å²) in [5.41, 5.74) is 1.49. The average molecular weight is 261 g/mol. The zero-order valence-corrected chi connectivity index (χ0v) is 13.2. The molecule has 0 heterocycles. The molecule has 1 rings (SSSR count). The van der Waals surface area contributed by atoms with Crippen molar-refractivity contribution >= 4 is 0 Å². The van der Waals surface area contributed by atoms with Gasteiger partial charge in [0.1, 0.15) is 0 Å². The molecule has 1 atom stereocenters. The van der Waals surface area contributed by atoms with Gasteiger partial charge in [0.05, 0.1) is 0 Å². The lowest BCUT2D eigenvalue weighted by Crippen LogP contribution is -2.26. The summed E-state index contributed by atoms with van der Waals surface area (Å²) < 4.78 is 0. The Morgan fingerprint density at radius 2 is 1.74 bits per heavy atom. The van der Waals surface area contributed by atoms with Crippen molar-refractivity contribution in [1.29, 1.82) is 0 Å². The van der Waals surface area contributed by atoms with Crippen molar-refractivity contribution in [1.82, 2.24) is 4.90 Å². The molecule has 108 valence electrons. The number of hydrogen-bond acceptors (Lipinski definition) is 1. The molecule has 0 aliphatic rings. The molecule has 0 radical (unpaired) electrons. The molecule has 1 unspecified atom stereocenters. The van der Waals surface area contributed by atoms with Crippen LogP contribution in [0.3, 0.4) is 0 Å². The van der Waals surface area contributed by atoms with Crippen LogP contribution in [0.1, 0.15) is 45.6 Å². The molecule has 0 N–H and O–H groups in total. The predicted molar refractivity (Wildman–Crippen MR) is 85.5 cm³/mol. The summed E-state index contributed by atoms with van der Waals surface area (Å²) in [6.45, 7) is 9.34. The van der Waals surface area contributed by atoms with E-state index in [9.17, 15) is 0 Å². The van der Waals surface area contributed by atoms with Crippen molar-refractivity contribution in [3.8, 4) is 0 Å². The van der Waals surface area contributed by atoms with Gasteiger partial charge in [0.15, 0.2) is 0 Å². The van der Waals surface area contributed by atoms with Crippen molar-refractivity contribution in [2.24, 2.45) is 11.8 Å². The van der Waals surface area contributed by atoms with Crippen LogP contribution in [0, 0.1) is 11.8 Å². The van der Waals surface area contributed by atoms with Gasteiger partial charge in [-0.05, 0) is 43.8 Å². The fraction of sp³-hybridized carbons (Fsp3) is 0.667. The van der Waals surface area contributed by atoms with Gasteiger partial charge in [-0.1, -0.05) is 63.9 Å². The lowest BCUT2D eigenvalue weighted by molar-refractivity contribution is 0.265. The monoisotopic (exact) mass is 261 g/mol. The summed E-state index contributed by atoms with van der Waals surface area (Å²) in [6.07, 6.45) is 5.21. The first-order chi connectivity index (χ1) is 9.11. The van der Waals surface area contributed by atoms with Crippen LogP contribution in [-0.4, -0.2) is 25.0 Å². The normalized spacial score (nSPS) is 13.2. The lowest BCUT2D eigenvalue weighted by atomic mass is 9.92. The van der Waals surface area contributed by atoms with E-state index in [4.69, 9.17) is 0 Å². The van der Waals surface area contributed by atoms with E-state index in [0.29, 0.717) is 0 Å². The minimum atomic E-state index is 0.767. The Kier molecular flexibility index (Phi) is 7.81. The molecule has 0 aromatic heterocycles. The Balaban J connectivity index is 2.40. The Labute approximate surface area is 120 Å². The molecule has 1 aromatic carbocycles. The maximum Gasteiger partial charge on any atom is 0.000133 e. The third-order valence-corrected chi connectivity index (χ3v) is 3.66. The first-order valence-electron chi connectivity index (χ1n) is 7.84. The van der Waals surface area contributed by atoms with Gasteiger partial charge in [-0.3, -0.25) is 0 Å². The molecule has 19 heavy (non-hydrogen) atoms. The molecule has 1 nitrogen and oxygen atoms in total. The lowest BCUT2D eigenvalue weighted by Gasteiger charge is -2.23. The molecule has 0 aliphatic carbocycles. The van der Waals surface area contributed by atoms with E-state index >= 15 is 0 Å². The summed E-state index contributed by atoms with van der Waals surface area (Å²) in [5, 5.41) is 0. The standard InChI is InChI=1S/C18H31N/c1-5-9-17(12-13-19(4)15-16(2)3)14-18-10-7-6-8-11-18/h6-8,10-11,16-17H,5,9,12-15H2,1-4H3. The van der Waals surface area contributed by atoms with E-state index in [1.165, 1.54) is 44.3 Å². The maximum atomic E-state index is 2.48. The van der Waals surface area contributed by atoms with Crippen LogP contribution in [0.4, 0.5) is 0 Å². The topological polar surface area (TPSA) is 3.24 Å². The van der Waals surface area contributed by atoms with Crippen LogP contribution in [0.15, 0.2) is 30.3 Å². The molecule has 0 fully saturated rings. The van der Waals surface area contributed by atoms with Crippen molar-refractivity contribution < 1.29 is 0 Å². The summed E-state index contributed by atoms with van der Waals surface area (Å²) in [4.78, 5) is 2.48. The van der Waals surface area contributed by atoms with Crippen LogP contribution >= 0.6 is 0 Å². The quantitative estimate of drug-likeness (QED) is 0.627. The fourth-order valence-electron chi connectivity index (χ4n) is 2.82. The van der Waals surface area contributed by atoms with E-state index < -0.39 is 0 Å². The Morgan fingerprint density at radius 3 is 2.32 bits per heavy atom. The summed E-state index contributed by atoms with van der Waals surface area (Å²) in [6, 6.07) is 10.9. The maximum absolute atomic E-state index is 2.48. The van der Waals surface area contributed by atoms with E-state index in [-0.39, 0.29) is 0 Å². The first-order valence-corrected chi connectivity index (χ1v) is 7.84. The van der Waals surface area contributed by atoms with E-state index in [1.54, 1.807) is 0 Å². The summed E-state index contributed by atoms with van der Waals surface area (Å²) in [5.74, 6) is 1.60. The third-order valence-electron chi connectivity index (χ3n) is 3.66. The van der Waals surface area contributed by atoms with Gasteiger partial charge >= 0.3 is 0 Å². The molecule has 0 spiro atoms. The van der Waals surface area contributed by atoms with Crippen molar-refractivity contribution in [3.63, 3.8) is 0 Å². The first kappa shape index (κ1) is 16.2. The third kappa shape index (κ3) is 7.37. The molecule has 0 aliphatic heterocycles. The van der Waals surface area contributed by atoms with Gasteiger partial charge in [0.2, 0.25) is 0 Å². The molecular weight excluding hydrogens is 230 g/mol. The van der Waals surface area contributed by atoms with Gasteiger partial charge in [0, 0.05) is 6.54 Å². The van der Waals surface area contributed by atoms with Crippen LogP contribution in [-0.2, 0) is 6.42 Å². The van der Waals surface area contributed by atoms with Gasteiger partial charge in [-0.2, -0.15) is 0 Å². The number of nitrogens with zero attached hydrogens (tertiary/aromatic N) is 1. The Bertz CT molecular complexity index is 318. The molecule has 1 aromatic rings. The second kappa shape index (κ2) is 9.14. The molecule has 0 saturated carbocycles. The number of rotatable bonds is 9. The molecular formula is C18H31N. The van der Waals surface area contributed by atoms with Gasteiger partial charge in [0.25, 0.3) is 0 Å². The second-order valence-corrected chi connectivity index (χ2v) is 6.29. The number of benzene rings is 1. The zero-order chi connectivity index (χ0) is 14.1. The van der Waals surface area contributed by atoms with Crippen LogP contribution < -0.4 is 0 Å². The molecule has 0 bridgehead atoms. The Morgan fingerprint density at radius 1 is 1.05 bits per heavy atom. The highest BCUT2D eigenvalue weighted by Gasteiger charge is 2.10. The van der Waals surface area contributed by atoms with Gasteiger partial charge in [-0.25, -0.2) is 0 Å². The molecule has 0 amide bonds. The fourth-order valence-corrected chi connectivity index (χ4v) is 2.82. The average Bonchev–Trinajstić information content (AvgIpc) is 2.37. The highest BCUT2D eigenvalue weighted by Crippen LogP contribution is 2.18. The molecule has 0 saturated heterocycles. The minimum absolute atomic E-state index is 0.767. The van der Waals surface area contributed by atoms with Gasteiger partial charge in [-0.15, -0.1) is 0 Å². The predicted octanol–water partition coefficient (Wildman–Crippen LogP) is 4.62. The number of hydrogen-bond donors (Lipinski definition) is 0. The highest BCUT2D eigenvalue weighted by atomic mass is 15.1. The summed E-state index contributed by atoms with van der Waals surface area (Å²) >= 11 is 0. The zero-order valence-electron chi connectivity index (χ0n) is 13.2. The van der Waals surface area contributed by atoms with E-state index in [2.05, 4.69) is 63.1 Å². The summed E-state index contributed by atoms with van der Waals surface area (Å²) in [7, 11) is 2.26. The highest BCUT2D eigenvalue weighted by molar-refractivity contribution is 5.15.